The highest BCUT2D eigenvalue weighted by molar-refractivity contribution is 6.30. The summed E-state index contributed by atoms with van der Waals surface area (Å²) in [5.41, 5.74) is 0.972. The van der Waals surface area contributed by atoms with Crippen LogP contribution in [-0.2, 0) is 0 Å². The second kappa shape index (κ2) is 5.73. The number of nitrogens with zero attached hydrogens (tertiary/aromatic N) is 1. The largest absolute Gasteiger partial charge is 0.325 e. The minimum atomic E-state index is -0.0271. The highest BCUT2D eigenvalue weighted by Gasteiger charge is 2.16. The van der Waals surface area contributed by atoms with Gasteiger partial charge in [-0.05, 0) is 36.6 Å². The molecule has 1 aliphatic rings. The summed E-state index contributed by atoms with van der Waals surface area (Å²) in [5.74, 6) is 0. The highest BCUT2D eigenvalue weighted by atomic mass is 35.5. The van der Waals surface area contributed by atoms with Gasteiger partial charge in [0.2, 0.25) is 0 Å². The minimum absolute atomic E-state index is 0.0271. The van der Waals surface area contributed by atoms with Crippen molar-refractivity contribution in [2.24, 2.45) is 0 Å². The fraction of sp³-hybridized carbons (Fsp3) is 0.308. The number of hydrogen-bond donors (Lipinski definition) is 1. The van der Waals surface area contributed by atoms with Crippen LogP contribution in [0.2, 0.25) is 5.02 Å². The predicted octanol–water partition coefficient (Wildman–Crippen LogP) is 3.12. The molecule has 0 unspecified atom stereocenters. The Morgan fingerprint density at radius 3 is 2.82 bits per heavy atom. The molecule has 90 valence electrons. The van der Waals surface area contributed by atoms with Crippen molar-refractivity contribution in [1.29, 1.82) is 0 Å². The second-order valence-electron chi connectivity index (χ2n) is 4.03. The lowest BCUT2D eigenvalue weighted by molar-refractivity contribution is 0.212. The van der Waals surface area contributed by atoms with Crippen LogP contribution in [0.5, 0.6) is 0 Å². The van der Waals surface area contributed by atoms with E-state index in [0.717, 1.165) is 31.5 Å². The van der Waals surface area contributed by atoms with Crippen LogP contribution < -0.4 is 5.32 Å². The maximum Gasteiger partial charge on any atom is 0.321 e. The molecule has 0 atom stereocenters. The molecule has 1 saturated heterocycles. The van der Waals surface area contributed by atoms with E-state index in [1.54, 1.807) is 6.20 Å². The van der Waals surface area contributed by atoms with E-state index in [4.69, 9.17) is 11.6 Å². The molecule has 0 radical (unpaired) electrons. The van der Waals surface area contributed by atoms with Gasteiger partial charge in [0.1, 0.15) is 0 Å². The Bertz CT molecular complexity index is 425. The lowest BCUT2D eigenvalue weighted by atomic mass is 10.2. The quantitative estimate of drug-likeness (QED) is 0.860. The Kier molecular flexibility index (Phi) is 4.04. The molecule has 2 amide bonds. The van der Waals surface area contributed by atoms with Crippen LogP contribution >= 0.6 is 11.6 Å². The van der Waals surface area contributed by atoms with E-state index in [-0.39, 0.29) is 6.03 Å². The summed E-state index contributed by atoms with van der Waals surface area (Å²) >= 11 is 5.86. The number of urea groups is 1. The molecule has 0 saturated carbocycles. The van der Waals surface area contributed by atoms with Crippen molar-refractivity contribution in [2.75, 3.05) is 13.1 Å². The van der Waals surface area contributed by atoms with E-state index in [2.05, 4.69) is 5.32 Å². The first-order valence-electron chi connectivity index (χ1n) is 5.73. The number of rotatable bonds is 2. The van der Waals surface area contributed by atoms with Gasteiger partial charge in [-0.1, -0.05) is 23.7 Å². The molecule has 0 spiro atoms. The number of likely N-dealkylation sites (tertiary alicyclic amines) is 1. The van der Waals surface area contributed by atoms with Gasteiger partial charge in [0.25, 0.3) is 0 Å². The standard InChI is InChI=1S/C13H15ClN2O/c14-12-5-3-4-11(10-12)6-7-15-13(17)16-8-1-2-9-16/h3-7,10H,1-2,8-9H2,(H,15,17)/b7-6+. The number of benzene rings is 1. The molecule has 1 aromatic carbocycles. The van der Waals surface area contributed by atoms with Crippen molar-refractivity contribution < 1.29 is 4.79 Å². The molecule has 0 bridgehead atoms. The summed E-state index contributed by atoms with van der Waals surface area (Å²) < 4.78 is 0. The fourth-order valence-electron chi connectivity index (χ4n) is 1.83. The van der Waals surface area contributed by atoms with E-state index in [0.29, 0.717) is 5.02 Å². The highest BCUT2D eigenvalue weighted by Crippen LogP contribution is 2.11. The normalized spacial score (nSPS) is 15.5. The lowest BCUT2D eigenvalue weighted by Crippen LogP contribution is -2.34. The third-order valence-corrected chi connectivity index (χ3v) is 2.96. The van der Waals surface area contributed by atoms with Gasteiger partial charge in [-0.15, -0.1) is 0 Å². The number of nitrogens with one attached hydrogen (secondary N) is 1. The van der Waals surface area contributed by atoms with Crippen LogP contribution in [0.3, 0.4) is 0 Å². The van der Waals surface area contributed by atoms with Gasteiger partial charge in [0, 0.05) is 24.3 Å². The number of carbonyl (C=O) groups is 1. The predicted molar refractivity (Wildman–Crippen MR) is 69.8 cm³/mol. The van der Waals surface area contributed by atoms with E-state index in [9.17, 15) is 4.79 Å². The first-order valence-corrected chi connectivity index (χ1v) is 6.11. The van der Waals surface area contributed by atoms with Crippen LogP contribution in [0, 0.1) is 0 Å². The maximum absolute atomic E-state index is 11.6. The molecule has 0 aromatic heterocycles. The molecule has 1 aliphatic heterocycles. The minimum Gasteiger partial charge on any atom is -0.325 e. The second-order valence-corrected chi connectivity index (χ2v) is 4.47. The molecule has 4 heteroatoms. The topological polar surface area (TPSA) is 32.3 Å². The monoisotopic (exact) mass is 250 g/mol. The number of amides is 2. The molecular formula is C13H15ClN2O. The molecule has 1 fully saturated rings. The first-order chi connectivity index (χ1) is 8.25. The summed E-state index contributed by atoms with van der Waals surface area (Å²) in [6.07, 6.45) is 5.70. The average molecular weight is 251 g/mol. The summed E-state index contributed by atoms with van der Waals surface area (Å²) in [4.78, 5) is 13.5. The maximum atomic E-state index is 11.6. The molecule has 2 rings (SSSR count). The molecular weight excluding hydrogens is 236 g/mol. The Morgan fingerprint density at radius 1 is 1.35 bits per heavy atom. The third kappa shape index (κ3) is 3.49. The number of carbonyl (C=O) groups excluding carboxylic acids is 1. The van der Waals surface area contributed by atoms with Crippen molar-refractivity contribution in [3.8, 4) is 0 Å². The Morgan fingerprint density at radius 2 is 2.12 bits per heavy atom. The van der Waals surface area contributed by atoms with Gasteiger partial charge in [-0.25, -0.2) is 4.79 Å². The van der Waals surface area contributed by atoms with Crippen LogP contribution in [0.1, 0.15) is 18.4 Å². The Hall–Kier alpha value is -1.48. The Labute approximate surface area is 106 Å². The van der Waals surface area contributed by atoms with Crippen LogP contribution in [0.25, 0.3) is 6.08 Å². The zero-order valence-electron chi connectivity index (χ0n) is 9.53. The first kappa shape index (κ1) is 12.0. The molecule has 17 heavy (non-hydrogen) atoms. The zero-order valence-corrected chi connectivity index (χ0v) is 10.3. The fourth-order valence-corrected chi connectivity index (χ4v) is 2.03. The van der Waals surface area contributed by atoms with Crippen LogP contribution in [0.15, 0.2) is 30.5 Å². The lowest BCUT2D eigenvalue weighted by Gasteiger charge is -2.13. The molecule has 3 nitrogen and oxygen atoms in total. The number of hydrogen-bond acceptors (Lipinski definition) is 1. The SMILES string of the molecule is O=C(N/C=C/c1cccc(Cl)c1)N1CCCC1. The van der Waals surface area contributed by atoms with E-state index in [1.807, 2.05) is 35.2 Å². The summed E-state index contributed by atoms with van der Waals surface area (Å²) in [7, 11) is 0. The van der Waals surface area contributed by atoms with Gasteiger partial charge < -0.3 is 10.2 Å². The Balaban J connectivity index is 1.86. The smallest absolute Gasteiger partial charge is 0.321 e. The summed E-state index contributed by atoms with van der Waals surface area (Å²) in [6, 6.07) is 7.46. The van der Waals surface area contributed by atoms with Crippen molar-refractivity contribution in [3.05, 3.63) is 41.1 Å². The molecule has 0 aliphatic carbocycles. The molecule has 1 N–H and O–H groups in total. The van der Waals surface area contributed by atoms with Crippen LogP contribution in [-0.4, -0.2) is 24.0 Å². The summed E-state index contributed by atoms with van der Waals surface area (Å²) in [5, 5.41) is 3.45. The summed E-state index contributed by atoms with van der Waals surface area (Å²) in [6.45, 7) is 1.72. The van der Waals surface area contributed by atoms with Gasteiger partial charge in [-0.2, -0.15) is 0 Å². The van der Waals surface area contributed by atoms with Gasteiger partial charge in [-0.3, -0.25) is 0 Å². The van der Waals surface area contributed by atoms with Crippen LogP contribution in [0.4, 0.5) is 4.79 Å². The van der Waals surface area contributed by atoms with Gasteiger partial charge in [0.15, 0.2) is 0 Å². The molecule has 1 heterocycles. The van der Waals surface area contributed by atoms with Crippen molar-refractivity contribution in [3.63, 3.8) is 0 Å². The third-order valence-electron chi connectivity index (χ3n) is 2.72. The van der Waals surface area contributed by atoms with Crippen molar-refractivity contribution in [1.82, 2.24) is 10.2 Å². The zero-order chi connectivity index (χ0) is 12.1. The van der Waals surface area contributed by atoms with E-state index >= 15 is 0 Å². The average Bonchev–Trinajstić information content (AvgIpc) is 2.82. The number of halogens is 1. The van der Waals surface area contributed by atoms with Gasteiger partial charge >= 0.3 is 6.03 Å². The van der Waals surface area contributed by atoms with E-state index in [1.165, 1.54) is 0 Å². The van der Waals surface area contributed by atoms with E-state index < -0.39 is 0 Å². The van der Waals surface area contributed by atoms with Crippen molar-refractivity contribution in [2.45, 2.75) is 12.8 Å². The van der Waals surface area contributed by atoms with Gasteiger partial charge in [0.05, 0.1) is 0 Å². The molecule has 1 aromatic rings. The van der Waals surface area contributed by atoms with Crippen molar-refractivity contribution >= 4 is 23.7 Å².